The zero-order valence-electron chi connectivity index (χ0n) is 17.8. The van der Waals surface area contributed by atoms with Crippen LogP contribution >= 0.6 is 0 Å². The van der Waals surface area contributed by atoms with Crippen molar-refractivity contribution in [3.8, 4) is 11.5 Å². The van der Waals surface area contributed by atoms with Crippen LogP contribution in [0.15, 0.2) is 53.5 Å². The zero-order valence-corrected chi connectivity index (χ0v) is 17.8. The Kier molecular flexibility index (Phi) is 6.82. The third-order valence-electron chi connectivity index (χ3n) is 4.92. The highest BCUT2D eigenvalue weighted by Crippen LogP contribution is 2.39. The van der Waals surface area contributed by atoms with Crippen LogP contribution in [0, 0.1) is 0 Å². The topological polar surface area (TPSA) is 98.0 Å². The number of hydrogen-bond acceptors (Lipinski definition) is 4. The molecule has 0 radical (unpaired) electrons. The van der Waals surface area contributed by atoms with Crippen LogP contribution in [0.25, 0.3) is 0 Å². The number of nitrogens with two attached hydrogens (primary N) is 1. The lowest BCUT2D eigenvalue weighted by atomic mass is 9.90. The molecule has 0 aromatic heterocycles. The summed E-state index contributed by atoms with van der Waals surface area (Å²) in [4.78, 5) is 15.2. The second-order valence-electron chi connectivity index (χ2n) is 7.95. The minimum Gasteiger partial charge on any atom is -0.487 e. The van der Waals surface area contributed by atoms with Gasteiger partial charge < -0.3 is 25.8 Å². The van der Waals surface area contributed by atoms with Crippen molar-refractivity contribution in [1.29, 1.82) is 0 Å². The van der Waals surface area contributed by atoms with E-state index in [2.05, 4.69) is 35.5 Å². The van der Waals surface area contributed by atoms with Gasteiger partial charge in [0.05, 0.1) is 6.04 Å². The van der Waals surface area contributed by atoms with E-state index in [0.717, 1.165) is 42.2 Å². The molecule has 1 amide bonds. The maximum absolute atomic E-state index is 10.8. The molecule has 0 aliphatic carbocycles. The molecule has 0 fully saturated rings. The normalized spacial score (nSPS) is 17.4. The summed E-state index contributed by atoms with van der Waals surface area (Å²) >= 11 is 0. The molecular formula is C23H30N4O3. The van der Waals surface area contributed by atoms with Crippen molar-refractivity contribution < 1.29 is 14.3 Å². The van der Waals surface area contributed by atoms with E-state index in [4.69, 9.17) is 15.2 Å². The highest BCUT2D eigenvalue weighted by molar-refractivity contribution is 5.80. The Labute approximate surface area is 177 Å². The maximum atomic E-state index is 10.8. The Hall–Kier alpha value is -3.22. The molecule has 1 atom stereocenters. The Morgan fingerprint density at radius 2 is 1.97 bits per heavy atom. The Bertz CT molecular complexity index is 894. The molecule has 160 valence electrons. The van der Waals surface area contributed by atoms with Gasteiger partial charge in [0.1, 0.15) is 17.1 Å². The van der Waals surface area contributed by atoms with Gasteiger partial charge in [-0.05, 0) is 44.0 Å². The fourth-order valence-electron chi connectivity index (χ4n) is 3.52. The van der Waals surface area contributed by atoms with E-state index >= 15 is 0 Å². The van der Waals surface area contributed by atoms with Gasteiger partial charge >= 0.3 is 0 Å². The van der Waals surface area contributed by atoms with Gasteiger partial charge in [-0.3, -0.25) is 9.79 Å². The van der Waals surface area contributed by atoms with Gasteiger partial charge in [0, 0.05) is 25.6 Å². The van der Waals surface area contributed by atoms with Crippen molar-refractivity contribution in [2.75, 3.05) is 20.2 Å². The highest BCUT2D eigenvalue weighted by Gasteiger charge is 2.33. The lowest BCUT2D eigenvalue weighted by molar-refractivity contribution is -0.119. The average Bonchev–Trinajstić information content (AvgIpc) is 2.71. The van der Waals surface area contributed by atoms with Crippen LogP contribution in [0.4, 0.5) is 0 Å². The largest absolute Gasteiger partial charge is 0.487 e. The predicted molar refractivity (Wildman–Crippen MR) is 118 cm³/mol. The number of fused-ring (bicyclic) bond motifs is 1. The Morgan fingerprint density at radius 1 is 1.23 bits per heavy atom. The molecule has 30 heavy (non-hydrogen) atoms. The van der Waals surface area contributed by atoms with Gasteiger partial charge in [-0.15, -0.1) is 0 Å². The van der Waals surface area contributed by atoms with E-state index in [9.17, 15) is 4.79 Å². The van der Waals surface area contributed by atoms with Crippen LogP contribution in [-0.2, 0) is 11.2 Å². The van der Waals surface area contributed by atoms with E-state index in [1.807, 2.05) is 42.5 Å². The van der Waals surface area contributed by atoms with E-state index in [1.54, 1.807) is 7.05 Å². The average molecular weight is 411 g/mol. The monoisotopic (exact) mass is 410 g/mol. The molecule has 1 aliphatic heterocycles. The van der Waals surface area contributed by atoms with Crippen molar-refractivity contribution >= 4 is 11.9 Å². The smallest absolute Gasteiger partial charge is 0.255 e. The van der Waals surface area contributed by atoms with Gasteiger partial charge in [-0.25, -0.2) is 0 Å². The first kappa shape index (κ1) is 21.5. The minimum absolute atomic E-state index is 0.116. The molecule has 1 unspecified atom stereocenters. The number of nitrogens with one attached hydrogen (secondary N) is 2. The highest BCUT2D eigenvalue weighted by atomic mass is 16.5. The number of guanidine groups is 1. The summed E-state index contributed by atoms with van der Waals surface area (Å²) in [5, 5.41) is 6.92. The van der Waals surface area contributed by atoms with Crippen LogP contribution in [0.2, 0.25) is 0 Å². The molecule has 0 bridgehead atoms. The molecular weight excluding hydrogens is 380 g/mol. The number of carbonyl (C=O) groups excluding carboxylic acids is 1. The van der Waals surface area contributed by atoms with E-state index in [0.29, 0.717) is 5.75 Å². The molecule has 0 spiro atoms. The first-order valence-electron chi connectivity index (χ1n) is 10.1. The molecule has 2 aromatic rings. The summed E-state index contributed by atoms with van der Waals surface area (Å²) in [7, 11) is 1.77. The number of para-hydroxylation sites is 1. The molecule has 3 rings (SSSR count). The van der Waals surface area contributed by atoms with Gasteiger partial charge in [0.25, 0.3) is 5.91 Å². The third-order valence-corrected chi connectivity index (χ3v) is 4.92. The predicted octanol–water partition coefficient (Wildman–Crippen LogP) is 2.56. The number of hydrogen-bond donors (Lipinski definition) is 3. The number of aliphatic imine (C=N–C) groups is 1. The van der Waals surface area contributed by atoms with Crippen LogP contribution in [0.5, 0.6) is 11.5 Å². The number of benzene rings is 2. The molecule has 0 saturated heterocycles. The molecule has 7 heteroatoms. The minimum atomic E-state index is -0.488. The third kappa shape index (κ3) is 5.89. The number of amides is 1. The van der Waals surface area contributed by atoms with Crippen LogP contribution in [0.1, 0.15) is 37.4 Å². The number of primary amides is 1. The van der Waals surface area contributed by atoms with E-state index in [1.165, 1.54) is 0 Å². The second-order valence-corrected chi connectivity index (χ2v) is 7.95. The van der Waals surface area contributed by atoms with Crippen LogP contribution in [-0.4, -0.2) is 37.7 Å². The SMILES string of the molecule is CN=C(NCCc1ccc(OCC(N)=O)cc1)NC1CC(C)(C)Oc2ccccc21. The number of rotatable bonds is 7. The van der Waals surface area contributed by atoms with Crippen molar-refractivity contribution in [3.63, 3.8) is 0 Å². The summed E-state index contributed by atoms with van der Waals surface area (Å²) < 4.78 is 11.4. The standard InChI is InChI=1S/C23H30N4O3/c1-23(2)14-19(18-6-4-5-7-20(18)30-23)27-22(25-3)26-13-12-16-8-10-17(11-9-16)29-15-21(24)28/h4-11,19H,12-15H2,1-3H3,(H2,24,28)(H2,25,26,27). The van der Waals surface area contributed by atoms with Crippen molar-refractivity contribution in [2.24, 2.45) is 10.7 Å². The van der Waals surface area contributed by atoms with Crippen LogP contribution < -0.4 is 25.8 Å². The summed E-state index contributed by atoms with van der Waals surface area (Å²) in [6.45, 7) is 4.82. The zero-order chi connectivity index (χ0) is 21.6. The molecule has 7 nitrogen and oxygen atoms in total. The lowest BCUT2D eigenvalue weighted by Crippen LogP contribution is -2.45. The summed E-state index contributed by atoms with van der Waals surface area (Å²) in [5.74, 6) is 1.82. The van der Waals surface area contributed by atoms with Crippen LogP contribution in [0.3, 0.4) is 0 Å². The lowest BCUT2D eigenvalue weighted by Gasteiger charge is -2.38. The first-order chi connectivity index (χ1) is 14.4. The Morgan fingerprint density at radius 3 is 2.67 bits per heavy atom. The summed E-state index contributed by atoms with van der Waals surface area (Å²) in [5.41, 5.74) is 7.14. The van der Waals surface area contributed by atoms with E-state index < -0.39 is 5.91 Å². The van der Waals surface area contributed by atoms with Crippen molar-refractivity contribution in [1.82, 2.24) is 10.6 Å². The summed E-state index contributed by atoms with van der Waals surface area (Å²) in [6.07, 6.45) is 1.67. The number of ether oxygens (including phenoxy) is 2. The van der Waals surface area contributed by atoms with Gasteiger partial charge in [-0.1, -0.05) is 30.3 Å². The Balaban J connectivity index is 1.54. The van der Waals surface area contributed by atoms with Gasteiger partial charge in [-0.2, -0.15) is 0 Å². The number of nitrogens with zero attached hydrogens (tertiary/aromatic N) is 1. The fraction of sp³-hybridized carbons (Fsp3) is 0.391. The molecule has 1 aliphatic rings. The van der Waals surface area contributed by atoms with Crippen molar-refractivity contribution in [2.45, 2.75) is 38.3 Å². The van der Waals surface area contributed by atoms with Gasteiger partial charge in [0.15, 0.2) is 12.6 Å². The number of carbonyl (C=O) groups is 1. The van der Waals surface area contributed by atoms with Crippen molar-refractivity contribution in [3.05, 3.63) is 59.7 Å². The van der Waals surface area contributed by atoms with E-state index in [-0.39, 0.29) is 18.2 Å². The summed E-state index contributed by atoms with van der Waals surface area (Å²) in [6, 6.07) is 15.9. The molecule has 1 heterocycles. The maximum Gasteiger partial charge on any atom is 0.255 e. The fourth-order valence-corrected chi connectivity index (χ4v) is 3.52. The van der Waals surface area contributed by atoms with Gasteiger partial charge in [0.2, 0.25) is 0 Å². The molecule has 2 aromatic carbocycles. The quantitative estimate of drug-likeness (QED) is 0.481. The molecule has 4 N–H and O–H groups in total. The first-order valence-corrected chi connectivity index (χ1v) is 10.1. The second kappa shape index (κ2) is 9.52. The molecule has 0 saturated carbocycles.